The third kappa shape index (κ3) is 3.77. The Kier molecular flexibility index (Phi) is 4.38. The lowest BCUT2D eigenvalue weighted by Crippen LogP contribution is -2.10. The molecule has 0 saturated carbocycles. The summed E-state index contributed by atoms with van der Waals surface area (Å²) in [5.41, 5.74) is 2.14. The summed E-state index contributed by atoms with van der Waals surface area (Å²) in [4.78, 5) is 19.0. The topological polar surface area (TPSA) is 67.0 Å². The SMILES string of the molecule is CCOc1ccc(Nc2nc(-c3ccccc3)cc(=O)[nH]2)cc1. The van der Waals surface area contributed by atoms with Gasteiger partial charge in [0.2, 0.25) is 5.95 Å². The van der Waals surface area contributed by atoms with Gasteiger partial charge in [0.05, 0.1) is 12.3 Å². The third-order valence-corrected chi connectivity index (χ3v) is 3.24. The molecule has 0 aliphatic carbocycles. The van der Waals surface area contributed by atoms with E-state index in [2.05, 4.69) is 15.3 Å². The van der Waals surface area contributed by atoms with Crippen molar-refractivity contribution in [2.24, 2.45) is 0 Å². The molecule has 2 N–H and O–H groups in total. The Morgan fingerprint density at radius 1 is 1.09 bits per heavy atom. The largest absolute Gasteiger partial charge is 0.494 e. The number of ether oxygens (including phenoxy) is 1. The predicted molar refractivity (Wildman–Crippen MR) is 91.2 cm³/mol. The van der Waals surface area contributed by atoms with Gasteiger partial charge in [-0.2, -0.15) is 0 Å². The molecule has 3 aromatic rings. The van der Waals surface area contributed by atoms with Crippen LogP contribution in [0.1, 0.15) is 6.92 Å². The Hall–Kier alpha value is -3.08. The molecule has 0 amide bonds. The second-order valence-electron chi connectivity index (χ2n) is 4.93. The zero-order valence-electron chi connectivity index (χ0n) is 12.7. The first-order valence-corrected chi connectivity index (χ1v) is 7.41. The normalized spacial score (nSPS) is 10.3. The summed E-state index contributed by atoms with van der Waals surface area (Å²) in [6.07, 6.45) is 0. The number of H-pyrrole nitrogens is 1. The summed E-state index contributed by atoms with van der Waals surface area (Å²) in [6.45, 7) is 2.57. The molecular weight excluding hydrogens is 290 g/mol. The van der Waals surface area contributed by atoms with Crippen LogP contribution in [0.15, 0.2) is 65.5 Å². The lowest BCUT2D eigenvalue weighted by Gasteiger charge is -2.08. The molecule has 5 heteroatoms. The molecule has 23 heavy (non-hydrogen) atoms. The van der Waals surface area contributed by atoms with Crippen molar-refractivity contribution in [1.29, 1.82) is 0 Å². The first-order chi connectivity index (χ1) is 11.2. The van der Waals surface area contributed by atoms with Crippen LogP contribution in [-0.4, -0.2) is 16.6 Å². The maximum absolute atomic E-state index is 11.9. The minimum absolute atomic E-state index is 0.202. The maximum Gasteiger partial charge on any atom is 0.252 e. The van der Waals surface area contributed by atoms with Gasteiger partial charge in [-0.1, -0.05) is 30.3 Å². The molecule has 1 aromatic heterocycles. The van der Waals surface area contributed by atoms with Gasteiger partial charge in [0.1, 0.15) is 5.75 Å². The van der Waals surface area contributed by atoms with E-state index < -0.39 is 0 Å². The lowest BCUT2D eigenvalue weighted by molar-refractivity contribution is 0.340. The fourth-order valence-electron chi connectivity index (χ4n) is 2.21. The van der Waals surface area contributed by atoms with Gasteiger partial charge in [0.25, 0.3) is 5.56 Å². The highest BCUT2D eigenvalue weighted by Gasteiger charge is 2.04. The van der Waals surface area contributed by atoms with Gasteiger partial charge in [0, 0.05) is 17.3 Å². The predicted octanol–water partition coefficient (Wildman–Crippen LogP) is 3.58. The zero-order valence-corrected chi connectivity index (χ0v) is 12.7. The fourth-order valence-corrected chi connectivity index (χ4v) is 2.21. The third-order valence-electron chi connectivity index (χ3n) is 3.24. The number of hydrogen-bond acceptors (Lipinski definition) is 4. The summed E-state index contributed by atoms with van der Waals surface area (Å²) in [5.74, 6) is 1.21. The average Bonchev–Trinajstić information content (AvgIpc) is 2.57. The van der Waals surface area contributed by atoms with Crippen molar-refractivity contribution < 1.29 is 4.74 Å². The van der Waals surface area contributed by atoms with Crippen LogP contribution in [0, 0.1) is 0 Å². The molecule has 0 fully saturated rings. The number of anilines is 2. The Morgan fingerprint density at radius 2 is 1.83 bits per heavy atom. The molecule has 3 rings (SSSR count). The first kappa shape index (κ1) is 14.8. The highest BCUT2D eigenvalue weighted by molar-refractivity contribution is 5.62. The molecule has 0 unspecified atom stereocenters. The van der Waals surface area contributed by atoms with E-state index in [0.717, 1.165) is 17.0 Å². The molecule has 116 valence electrons. The van der Waals surface area contributed by atoms with E-state index in [1.54, 1.807) is 0 Å². The van der Waals surface area contributed by atoms with Crippen LogP contribution in [-0.2, 0) is 0 Å². The van der Waals surface area contributed by atoms with Crippen LogP contribution in [0.4, 0.5) is 11.6 Å². The summed E-state index contributed by atoms with van der Waals surface area (Å²) < 4.78 is 5.41. The van der Waals surface area contributed by atoms with Gasteiger partial charge in [-0.05, 0) is 31.2 Å². The van der Waals surface area contributed by atoms with E-state index in [9.17, 15) is 4.79 Å². The van der Waals surface area contributed by atoms with E-state index in [1.807, 2.05) is 61.5 Å². The van der Waals surface area contributed by atoms with Crippen molar-refractivity contribution in [2.75, 3.05) is 11.9 Å². The molecule has 5 nitrogen and oxygen atoms in total. The monoisotopic (exact) mass is 307 g/mol. The standard InChI is InChI=1S/C18H17N3O2/c1-2-23-15-10-8-14(9-11-15)19-18-20-16(12-17(22)21-18)13-6-4-3-5-7-13/h3-12H,2H2,1H3,(H2,19,20,21,22). The van der Waals surface area contributed by atoms with E-state index in [4.69, 9.17) is 4.74 Å². The van der Waals surface area contributed by atoms with Crippen molar-refractivity contribution in [3.63, 3.8) is 0 Å². The second kappa shape index (κ2) is 6.79. The highest BCUT2D eigenvalue weighted by Crippen LogP contribution is 2.20. The van der Waals surface area contributed by atoms with Crippen LogP contribution < -0.4 is 15.6 Å². The molecule has 1 heterocycles. The van der Waals surface area contributed by atoms with Gasteiger partial charge in [-0.15, -0.1) is 0 Å². The molecule has 0 aliphatic rings. The van der Waals surface area contributed by atoms with Crippen LogP contribution >= 0.6 is 0 Å². The van der Waals surface area contributed by atoms with E-state index in [1.165, 1.54) is 6.07 Å². The van der Waals surface area contributed by atoms with Gasteiger partial charge in [-0.3, -0.25) is 9.78 Å². The summed E-state index contributed by atoms with van der Waals surface area (Å²) in [6, 6.07) is 18.6. The molecular formula is C18H17N3O2. The second-order valence-corrected chi connectivity index (χ2v) is 4.93. The molecule has 0 aliphatic heterocycles. The van der Waals surface area contributed by atoms with Crippen molar-refractivity contribution in [2.45, 2.75) is 6.92 Å². The molecule has 0 radical (unpaired) electrons. The minimum Gasteiger partial charge on any atom is -0.494 e. The summed E-state index contributed by atoms with van der Waals surface area (Å²) in [7, 11) is 0. The van der Waals surface area contributed by atoms with Gasteiger partial charge in [0.15, 0.2) is 0 Å². The Bertz CT molecular complexity index is 827. The Morgan fingerprint density at radius 3 is 2.52 bits per heavy atom. The number of benzene rings is 2. The van der Waals surface area contributed by atoms with Crippen LogP contribution in [0.3, 0.4) is 0 Å². The van der Waals surface area contributed by atoms with E-state index >= 15 is 0 Å². The first-order valence-electron chi connectivity index (χ1n) is 7.41. The van der Waals surface area contributed by atoms with Crippen molar-refractivity contribution >= 4 is 11.6 Å². The molecule has 0 saturated heterocycles. The molecule has 0 atom stereocenters. The summed E-state index contributed by atoms with van der Waals surface area (Å²) in [5, 5.41) is 3.10. The smallest absolute Gasteiger partial charge is 0.252 e. The number of nitrogens with one attached hydrogen (secondary N) is 2. The Balaban J connectivity index is 1.85. The number of hydrogen-bond donors (Lipinski definition) is 2. The van der Waals surface area contributed by atoms with Crippen LogP contribution in [0.2, 0.25) is 0 Å². The molecule has 0 spiro atoms. The number of aromatic nitrogens is 2. The van der Waals surface area contributed by atoms with Crippen LogP contribution in [0.25, 0.3) is 11.3 Å². The van der Waals surface area contributed by atoms with Gasteiger partial charge >= 0.3 is 0 Å². The minimum atomic E-state index is -0.202. The van der Waals surface area contributed by atoms with Crippen molar-refractivity contribution in [1.82, 2.24) is 9.97 Å². The highest BCUT2D eigenvalue weighted by atomic mass is 16.5. The number of nitrogens with zero attached hydrogens (tertiary/aromatic N) is 1. The molecule has 2 aromatic carbocycles. The Labute approximate surface area is 134 Å². The van der Waals surface area contributed by atoms with Crippen molar-refractivity contribution in [3.8, 4) is 17.0 Å². The lowest BCUT2D eigenvalue weighted by atomic mass is 10.1. The quantitative estimate of drug-likeness (QED) is 0.756. The number of aromatic amines is 1. The van der Waals surface area contributed by atoms with Crippen molar-refractivity contribution in [3.05, 3.63) is 71.0 Å². The van der Waals surface area contributed by atoms with Crippen LogP contribution in [0.5, 0.6) is 5.75 Å². The zero-order chi connectivity index (χ0) is 16.1. The molecule has 0 bridgehead atoms. The van der Waals surface area contributed by atoms with Gasteiger partial charge < -0.3 is 10.1 Å². The van der Waals surface area contributed by atoms with Gasteiger partial charge in [-0.25, -0.2) is 4.98 Å². The summed E-state index contributed by atoms with van der Waals surface area (Å²) >= 11 is 0. The fraction of sp³-hybridized carbons (Fsp3) is 0.111. The van der Waals surface area contributed by atoms with E-state index in [0.29, 0.717) is 18.2 Å². The average molecular weight is 307 g/mol. The van der Waals surface area contributed by atoms with E-state index in [-0.39, 0.29) is 5.56 Å². The number of rotatable bonds is 5. The maximum atomic E-state index is 11.9.